The number of fused-ring (bicyclic) bond motifs is 1. The van der Waals surface area contributed by atoms with E-state index < -0.39 is 0 Å². The lowest BCUT2D eigenvalue weighted by atomic mass is 10.0. The minimum absolute atomic E-state index is 0.542. The van der Waals surface area contributed by atoms with Gasteiger partial charge in [0.05, 0.1) is 12.7 Å². The third-order valence-electron chi connectivity index (χ3n) is 4.14. The second-order valence-corrected chi connectivity index (χ2v) is 5.43. The number of morpholine rings is 1. The Morgan fingerprint density at radius 3 is 3.12 bits per heavy atom. The number of hydrogen-bond acceptors (Lipinski definition) is 3. The van der Waals surface area contributed by atoms with Gasteiger partial charge in [-0.1, -0.05) is 6.92 Å². The van der Waals surface area contributed by atoms with Crippen LogP contribution in [0.15, 0.2) is 0 Å². The normalized spacial score (nSPS) is 32.6. The van der Waals surface area contributed by atoms with Gasteiger partial charge in [0.25, 0.3) is 0 Å². The second-order valence-electron chi connectivity index (χ2n) is 5.43. The Kier molecular flexibility index (Phi) is 4.62. The number of hydrogen-bond donors (Lipinski definition) is 1. The van der Waals surface area contributed by atoms with Crippen molar-refractivity contribution < 1.29 is 4.74 Å². The molecule has 0 aromatic rings. The number of rotatable bonds is 5. The molecule has 0 amide bonds. The van der Waals surface area contributed by atoms with Crippen LogP contribution in [0.5, 0.6) is 0 Å². The van der Waals surface area contributed by atoms with Crippen molar-refractivity contribution in [2.75, 3.05) is 26.2 Å². The van der Waals surface area contributed by atoms with Crippen molar-refractivity contribution in [2.45, 2.75) is 51.2 Å². The average molecular weight is 226 g/mol. The molecular formula is C13H26N2O. The summed E-state index contributed by atoms with van der Waals surface area (Å²) in [4.78, 5) is 2.66. The zero-order valence-electron chi connectivity index (χ0n) is 10.5. The molecule has 0 radical (unpaired) electrons. The fraction of sp³-hybridized carbons (Fsp3) is 1.00. The third-order valence-corrected chi connectivity index (χ3v) is 4.14. The van der Waals surface area contributed by atoms with Crippen LogP contribution in [0.25, 0.3) is 0 Å². The SMILES string of the molecule is CC(CN)CCCN1CCOC2CCCC21. The molecule has 3 nitrogen and oxygen atoms in total. The van der Waals surface area contributed by atoms with Gasteiger partial charge < -0.3 is 10.5 Å². The van der Waals surface area contributed by atoms with Crippen LogP contribution in [0.1, 0.15) is 39.0 Å². The molecule has 0 aromatic heterocycles. The van der Waals surface area contributed by atoms with E-state index in [2.05, 4.69) is 11.8 Å². The summed E-state index contributed by atoms with van der Waals surface area (Å²) < 4.78 is 5.82. The van der Waals surface area contributed by atoms with Gasteiger partial charge in [-0.2, -0.15) is 0 Å². The van der Waals surface area contributed by atoms with E-state index in [-0.39, 0.29) is 0 Å². The van der Waals surface area contributed by atoms with E-state index in [0.717, 1.165) is 25.7 Å². The zero-order chi connectivity index (χ0) is 11.4. The molecule has 2 rings (SSSR count). The molecule has 1 heterocycles. The number of nitrogens with zero attached hydrogens (tertiary/aromatic N) is 1. The Hall–Kier alpha value is -0.120. The molecular weight excluding hydrogens is 200 g/mol. The highest BCUT2D eigenvalue weighted by molar-refractivity contribution is 4.89. The van der Waals surface area contributed by atoms with Crippen LogP contribution >= 0.6 is 0 Å². The molecule has 2 fully saturated rings. The summed E-state index contributed by atoms with van der Waals surface area (Å²) in [5, 5.41) is 0. The third kappa shape index (κ3) is 2.96. The van der Waals surface area contributed by atoms with Crippen molar-refractivity contribution >= 4 is 0 Å². The lowest BCUT2D eigenvalue weighted by molar-refractivity contribution is -0.0560. The fourth-order valence-corrected chi connectivity index (χ4v) is 3.04. The van der Waals surface area contributed by atoms with Crippen LogP contribution in [0.2, 0.25) is 0 Å². The maximum atomic E-state index is 5.82. The van der Waals surface area contributed by atoms with E-state index >= 15 is 0 Å². The quantitative estimate of drug-likeness (QED) is 0.774. The van der Waals surface area contributed by atoms with Crippen LogP contribution in [-0.4, -0.2) is 43.3 Å². The first-order valence-electron chi connectivity index (χ1n) is 6.87. The molecule has 2 aliphatic rings. The van der Waals surface area contributed by atoms with Gasteiger partial charge in [0, 0.05) is 12.6 Å². The topological polar surface area (TPSA) is 38.5 Å². The number of ether oxygens (including phenoxy) is 1. The standard InChI is InChI=1S/C13H26N2O/c1-11(10-14)4-3-7-15-8-9-16-13-6-2-5-12(13)15/h11-13H,2-10,14H2,1H3. The van der Waals surface area contributed by atoms with Crippen molar-refractivity contribution in [2.24, 2.45) is 11.7 Å². The van der Waals surface area contributed by atoms with Crippen LogP contribution in [0, 0.1) is 5.92 Å². The highest BCUT2D eigenvalue weighted by Crippen LogP contribution is 2.29. The molecule has 94 valence electrons. The summed E-state index contributed by atoms with van der Waals surface area (Å²) in [5.41, 5.74) is 5.64. The van der Waals surface area contributed by atoms with Gasteiger partial charge in [0.1, 0.15) is 0 Å². The molecule has 0 aromatic carbocycles. The predicted octanol–water partition coefficient (Wildman–Crippen LogP) is 1.61. The van der Waals surface area contributed by atoms with Gasteiger partial charge in [-0.25, -0.2) is 0 Å². The molecule has 1 aliphatic carbocycles. The Morgan fingerprint density at radius 2 is 2.31 bits per heavy atom. The maximum Gasteiger partial charge on any atom is 0.0730 e. The lowest BCUT2D eigenvalue weighted by Gasteiger charge is -2.37. The Bertz CT molecular complexity index is 210. The summed E-state index contributed by atoms with van der Waals surface area (Å²) in [7, 11) is 0. The molecule has 3 atom stereocenters. The molecule has 1 saturated carbocycles. The van der Waals surface area contributed by atoms with E-state index in [9.17, 15) is 0 Å². The summed E-state index contributed by atoms with van der Waals surface area (Å²) in [5.74, 6) is 0.681. The minimum Gasteiger partial charge on any atom is -0.375 e. The fourth-order valence-electron chi connectivity index (χ4n) is 3.04. The van der Waals surface area contributed by atoms with Gasteiger partial charge in [0.15, 0.2) is 0 Å². The molecule has 0 bridgehead atoms. The highest BCUT2D eigenvalue weighted by atomic mass is 16.5. The smallest absolute Gasteiger partial charge is 0.0730 e. The zero-order valence-corrected chi connectivity index (χ0v) is 10.5. The molecule has 1 aliphatic heterocycles. The Balaban J connectivity index is 1.71. The first-order valence-corrected chi connectivity index (χ1v) is 6.87. The predicted molar refractivity (Wildman–Crippen MR) is 66.4 cm³/mol. The summed E-state index contributed by atoms with van der Waals surface area (Å²) >= 11 is 0. The van der Waals surface area contributed by atoms with Gasteiger partial charge >= 0.3 is 0 Å². The van der Waals surface area contributed by atoms with Crippen molar-refractivity contribution in [1.29, 1.82) is 0 Å². The average Bonchev–Trinajstić information content (AvgIpc) is 2.77. The van der Waals surface area contributed by atoms with Gasteiger partial charge in [-0.05, 0) is 51.1 Å². The maximum absolute atomic E-state index is 5.82. The Labute approximate surface area is 99.3 Å². The summed E-state index contributed by atoms with van der Waals surface area (Å²) in [6, 6.07) is 0.724. The van der Waals surface area contributed by atoms with Crippen LogP contribution in [0.4, 0.5) is 0 Å². The van der Waals surface area contributed by atoms with Gasteiger partial charge in [-0.15, -0.1) is 0 Å². The molecule has 1 saturated heterocycles. The van der Waals surface area contributed by atoms with Crippen molar-refractivity contribution in [3.63, 3.8) is 0 Å². The van der Waals surface area contributed by atoms with E-state index in [1.807, 2.05) is 0 Å². The molecule has 3 heteroatoms. The van der Waals surface area contributed by atoms with Gasteiger partial charge in [0.2, 0.25) is 0 Å². The van der Waals surface area contributed by atoms with Crippen molar-refractivity contribution in [3.8, 4) is 0 Å². The van der Waals surface area contributed by atoms with E-state index in [0.29, 0.717) is 12.0 Å². The summed E-state index contributed by atoms with van der Waals surface area (Å²) in [6.45, 7) is 6.40. The minimum atomic E-state index is 0.542. The first-order chi connectivity index (χ1) is 7.81. The molecule has 16 heavy (non-hydrogen) atoms. The van der Waals surface area contributed by atoms with E-state index in [4.69, 9.17) is 10.5 Å². The Morgan fingerprint density at radius 1 is 1.44 bits per heavy atom. The van der Waals surface area contributed by atoms with E-state index in [1.165, 1.54) is 38.6 Å². The molecule has 3 unspecified atom stereocenters. The van der Waals surface area contributed by atoms with Crippen molar-refractivity contribution in [1.82, 2.24) is 4.90 Å². The molecule has 2 N–H and O–H groups in total. The van der Waals surface area contributed by atoms with Crippen LogP contribution in [0.3, 0.4) is 0 Å². The van der Waals surface area contributed by atoms with Crippen LogP contribution in [-0.2, 0) is 4.74 Å². The summed E-state index contributed by atoms with van der Waals surface area (Å²) in [6.07, 6.45) is 7.08. The first kappa shape index (κ1) is 12.3. The van der Waals surface area contributed by atoms with Crippen molar-refractivity contribution in [3.05, 3.63) is 0 Å². The largest absolute Gasteiger partial charge is 0.375 e. The lowest BCUT2D eigenvalue weighted by Crippen LogP contribution is -2.48. The monoisotopic (exact) mass is 226 g/mol. The number of nitrogens with two attached hydrogens (primary N) is 1. The molecule has 0 spiro atoms. The van der Waals surface area contributed by atoms with Gasteiger partial charge in [-0.3, -0.25) is 4.90 Å². The highest BCUT2D eigenvalue weighted by Gasteiger charge is 2.35. The van der Waals surface area contributed by atoms with E-state index in [1.54, 1.807) is 0 Å². The second kappa shape index (κ2) is 5.99. The van der Waals surface area contributed by atoms with Crippen LogP contribution < -0.4 is 5.73 Å².